The molecule has 0 unspecified atom stereocenters. The van der Waals surface area contributed by atoms with Gasteiger partial charge in [-0.1, -0.05) is 13.0 Å². The highest BCUT2D eigenvalue weighted by Gasteiger charge is 2.54. The fourth-order valence-corrected chi connectivity index (χ4v) is 4.97. The predicted molar refractivity (Wildman–Crippen MR) is 103 cm³/mol. The SMILES string of the molecule is CCSc1cccc(C(=O)NC2CC3(C2)CN(C(=O)[C@@H]2CNC(=O)N2)C3)c1. The van der Waals surface area contributed by atoms with Crippen LogP contribution in [0.4, 0.5) is 4.79 Å². The van der Waals surface area contributed by atoms with Crippen molar-refractivity contribution in [2.75, 3.05) is 25.4 Å². The lowest BCUT2D eigenvalue weighted by atomic mass is 9.60. The van der Waals surface area contributed by atoms with Crippen molar-refractivity contribution in [3.05, 3.63) is 29.8 Å². The van der Waals surface area contributed by atoms with E-state index in [1.807, 2.05) is 24.3 Å². The number of benzene rings is 1. The lowest BCUT2D eigenvalue weighted by molar-refractivity contribution is -0.153. The summed E-state index contributed by atoms with van der Waals surface area (Å²) in [4.78, 5) is 38.9. The summed E-state index contributed by atoms with van der Waals surface area (Å²) in [7, 11) is 0. The van der Waals surface area contributed by atoms with Crippen LogP contribution in [0.25, 0.3) is 0 Å². The number of nitrogens with one attached hydrogen (secondary N) is 3. The average molecular weight is 388 g/mol. The fraction of sp³-hybridized carbons (Fsp3) is 0.526. The van der Waals surface area contributed by atoms with Crippen LogP contribution in [0.2, 0.25) is 0 Å². The molecule has 8 heteroatoms. The molecule has 0 radical (unpaired) electrons. The molecule has 3 fully saturated rings. The quantitative estimate of drug-likeness (QED) is 0.661. The molecule has 3 aliphatic rings. The molecule has 7 nitrogen and oxygen atoms in total. The Balaban J connectivity index is 1.23. The highest BCUT2D eigenvalue weighted by molar-refractivity contribution is 7.99. The first-order valence-electron chi connectivity index (χ1n) is 9.35. The molecule has 2 aliphatic heterocycles. The van der Waals surface area contributed by atoms with Crippen molar-refractivity contribution in [2.24, 2.45) is 5.41 Å². The molecule has 2 heterocycles. The van der Waals surface area contributed by atoms with Crippen LogP contribution in [0, 0.1) is 5.41 Å². The Bertz CT molecular complexity index is 770. The average Bonchev–Trinajstić information content (AvgIpc) is 3.02. The Morgan fingerprint density at radius 1 is 1.33 bits per heavy atom. The number of rotatable bonds is 5. The number of urea groups is 1. The molecular weight excluding hydrogens is 364 g/mol. The van der Waals surface area contributed by atoms with E-state index < -0.39 is 6.04 Å². The second kappa shape index (κ2) is 7.07. The van der Waals surface area contributed by atoms with Gasteiger partial charge in [0.2, 0.25) is 5.91 Å². The Hall–Kier alpha value is -2.22. The molecule has 1 spiro atoms. The third-order valence-electron chi connectivity index (χ3n) is 5.54. The monoisotopic (exact) mass is 388 g/mol. The highest BCUT2D eigenvalue weighted by atomic mass is 32.2. The lowest BCUT2D eigenvalue weighted by Crippen LogP contribution is -2.69. The molecule has 4 amide bonds. The van der Waals surface area contributed by atoms with Gasteiger partial charge in [0, 0.05) is 41.6 Å². The van der Waals surface area contributed by atoms with E-state index in [0.717, 1.165) is 23.5 Å². The third-order valence-corrected chi connectivity index (χ3v) is 6.41. The summed E-state index contributed by atoms with van der Waals surface area (Å²) in [5.74, 6) is 0.934. The Morgan fingerprint density at radius 3 is 2.78 bits per heavy atom. The molecule has 144 valence electrons. The molecule has 0 aromatic heterocycles. The molecule has 3 N–H and O–H groups in total. The number of amides is 4. The number of nitrogens with zero attached hydrogens (tertiary/aromatic N) is 1. The van der Waals surface area contributed by atoms with Crippen LogP contribution in [0.5, 0.6) is 0 Å². The maximum Gasteiger partial charge on any atom is 0.315 e. The van der Waals surface area contributed by atoms with E-state index in [1.54, 1.807) is 16.7 Å². The van der Waals surface area contributed by atoms with Crippen molar-refractivity contribution in [1.82, 2.24) is 20.9 Å². The lowest BCUT2D eigenvalue weighted by Gasteiger charge is -2.59. The summed E-state index contributed by atoms with van der Waals surface area (Å²) in [6, 6.07) is 7.16. The van der Waals surface area contributed by atoms with E-state index in [-0.39, 0.29) is 29.3 Å². The Kier molecular flexibility index (Phi) is 4.75. The van der Waals surface area contributed by atoms with Crippen molar-refractivity contribution >= 4 is 29.6 Å². The second-order valence-electron chi connectivity index (χ2n) is 7.64. The van der Waals surface area contributed by atoms with Gasteiger partial charge in [0.15, 0.2) is 0 Å². The van der Waals surface area contributed by atoms with E-state index in [9.17, 15) is 14.4 Å². The normalized spacial score (nSPS) is 23.2. The van der Waals surface area contributed by atoms with Crippen LogP contribution < -0.4 is 16.0 Å². The Morgan fingerprint density at radius 2 is 2.11 bits per heavy atom. The summed E-state index contributed by atoms with van der Waals surface area (Å²) >= 11 is 1.72. The molecule has 1 saturated carbocycles. The minimum atomic E-state index is -0.446. The standard InChI is InChI=1S/C19H24N4O3S/c1-2-27-14-5-3-4-12(6-14)16(24)21-13-7-19(8-13)10-23(11-19)17(25)15-9-20-18(26)22-15/h3-6,13,15H,2,7-11H2,1H3,(H,21,24)(H2,20,22,26)/t15-/m0/s1. The first kappa shape index (κ1) is 18.2. The number of hydrogen-bond donors (Lipinski definition) is 3. The number of carbonyl (C=O) groups is 3. The van der Waals surface area contributed by atoms with Crippen molar-refractivity contribution in [2.45, 2.75) is 36.7 Å². The molecule has 27 heavy (non-hydrogen) atoms. The fourth-order valence-electron chi connectivity index (χ4n) is 4.25. The minimum Gasteiger partial charge on any atom is -0.349 e. The zero-order valence-corrected chi connectivity index (χ0v) is 16.1. The zero-order valence-electron chi connectivity index (χ0n) is 15.3. The van der Waals surface area contributed by atoms with Crippen LogP contribution in [0.15, 0.2) is 29.2 Å². The third kappa shape index (κ3) is 3.63. The van der Waals surface area contributed by atoms with Crippen molar-refractivity contribution in [3.8, 4) is 0 Å². The number of hydrogen-bond acceptors (Lipinski definition) is 4. The van der Waals surface area contributed by atoms with Gasteiger partial charge in [0.25, 0.3) is 5.91 Å². The maximum atomic E-state index is 12.5. The summed E-state index contributed by atoms with van der Waals surface area (Å²) in [6.07, 6.45) is 1.81. The van der Waals surface area contributed by atoms with Gasteiger partial charge in [0.05, 0.1) is 0 Å². The van der Waals surface area contributed by atoms with Crippen LogP contribution in [0.1, 0.15) is 30.1 Å². The summed E-state index contributed by atoms with van der Waals surface area (Å²) in [5, 5.41) is 8.36. The molecule has 1 aromatic carbocycles. The van der Waals surface area contributed by atoms with Gasteiger partial charge >= 0.3 is 6.03 Å². The smallest absolute Gasteiger partial charge is 0.315 e. The van der Waals surface area contributed by atoms with Gasteiger partial charge in [-0.15, -0.1) is 11.8 Å². The predicted octanol–water partition coefficient (Wildman–Crippen LogP) is 1.20. The molecule has 4 rings (SSSR count). The molecule has 2 saturated heterocycles. The van der Waals surface area contributed by atoms with Crippen LogP contribution in [0.3, 0.4) is 0 Å². The second-order valence-corrected chi connectivity index (χ2v) is 8.98. The van der Waals surface area contributed by atoms with E-state index in [2.05, 4.69) is 22.9 Å². The van der Waals surface area contributed by atoms with Crippen LogP contribution >= 0.6 is 11.8 Å². The first-order valence-corrected chi connectivity index (χ1v) is 10.3. The summed E-state index contributed by atoms with van der Waals surface area (Å²) < 4.78 is 0. The van der Waals surface area contributed by atoms with E-state index in [0.29, 0.717) is 25.2 Å². The maximum absolute atomic E-state index is 12.5. The van der Waals surface area contributed by atoms with Crippen LogP contribution in [-0.2, 0) is 4.79 Å². The minimum absolute atomic E-state index is 0.0169. The molecule has 1 aliphatic carbocycles. The molecule has 1 aromatic rings. The number of thioether (sulfide) groups is 1. The number of carbonyl (C=O) groups excluding carboxylic acids is 3. The molecule has 1 atom stereocenters. The van der Waals surface area contributed by atoms with Crippen molar-refractivity contribution in [3.63, 3.8) is 0 Å². The topological polar surface area (TPSA) is 90.5 Å². The first-order chi connectivity index (χ1) is 13.0. The number of likely N-dealkylation sites (tertiary alicyclic amines) is 1. The largest absolute Gasteiger partial charge is 0.349 e. The van der Waals surface area contributed by atoms with Gasteiger partial charge in [-0.25, -0.2) is 4.79 Å². The molecular formula is C19H24N4O3S. The Labute approximate surface area is 162 Å². The van der Waals surface area contributed by atoms with Gasteiger partial charge < -0.3 is 20.9 Å². The van der Waals surface area contributed by atoms with E-state index in [4.69, 9.17) is 0 Å². The van der Waals surface area contributed by atoms with Crippen molar-refractivity contribution in [1.29, 1.82) is 0 Å². The van der Waals surface area contributed by atoms with E-state index >= 15 is 0 Å². The van der Waals surface area contributed by atoms with Gasteiger partial charge in [-0.2, -0.15) is 0 Å². The highest BCUT2D eigenvalue weighted by Crippen LogP contribution is 2.48. The van der Waals surface area contributed by atoms with Crippen molar-refractivity contribution < 1.29 is 14.4 Å². The zero-order chi connectivity index (χ0) is 19.0. The molecule has 0 bridgehead atoms. The van der Waals surface area contributed by atoms with Gasteiger partial charge in [0.1, 0.15) is 6.04 Å². The van der Waals surface area contributed by atoms with E-state index in [1.165, 1.54) is 0 Å². The van der Waals surface area contributed by atoms with Gasteiger partial charge in [-0.05, 0) is 36.8 Å². The van der Waals surface area contributed by atoms with Gasteiger partial charge in [-0.3, -0.25) is 9.59 Å². The summed E-state index contributed by atoms with van der Waals surface area (Å²) in [6.45, 7) is 3.88. The summed E-state index contributed by atoms with van der Waals surface area (Å²) in [5.41, 5.74) is 0.841. The van der Waals surface area contributed by atoms with Crippen LogP contribution in [-0.4, -0.2) is 60.2 Å².